The second kappa shape index (κ2) is 6.11. The van der Waals surface area contributed by atoms with E-state index in [-0.39, 0.29) is 6.42 Å². The van der Waals surface area contributed by atoms with Crippen molar-refractivity contribution < 1.29 is 14.2 Å². The second-order valence-corrected chi connectivity index (χ2v) is 4.89. The van der Waals surface area contributed by atoms with Gasteiger partial charge in [0.05, 0.1) is 13.2 Å². The van der Waals surface area contributed by atoms with E-state index in [9.17, 15) is 9.50 Å². The van der Waals surface area contributed by atoms with E-state index in [1.165, 1.54) is 25.3 Å². The maximum Gasteiger partial charge on any atom is 0.123 e. The Morgan fingerprint density at radius 3 is 2.75 bits per heavy atom. The number of aliphatic hydroxyl groups is 1. The molecule has 0 aliphatic rings. The number of rotatable bonds is 4. The zero-order chi connectivity index (χ0) is 14.7. The highest BCUT2D eigenvalue weighted by Gasteiger charge is 2.15. The summed E-state index contributed by atoms with van der Waals surface area (Å²) >= 11 is 5.94. The lowest BCUT2D eigenvalue weighted by atomic mass is 9.99. The Balaban J connectivity index is 2.29. The number of methoxy groups -OCH3 is 1. The average molecular weight is 296 g/mol. The lowest BCUT2D eigenvalue weighted by molar-refractivity contribution is 0.177. The Bertz CT molecular complexity index is 619. The molecule has 2 rings (SSSR count). The molecule has 0 heterocycles. The van der Waals surface area contributed by atoms with Crippen molar-refractivity contribution in [2.45, 2.75) is 12.5 Å². The number of nitrogen functional groups attached to an aromatic ring is 1. The van der Waals surface area contributed by atoms with E-state index in [1.54, 1.807) is 18.2 Å². The van der Waals surface area contributed by atoms with Gasteiger partial charge in [0.15, 0.2) is 0 Å². The number of anilines is 1. The first kappa shape index (κ1) is 14.6. The van der Waals surface area contributed by atoms with Gasteiger partial charge in [-0.25, -0.2) is 4.39 Å². The molecule has 0 radical (unpaired) electrons. The van der Waals surface area contributed by atoms with Gasteiger partial charge >= 0.3 is 0 Å². The molecule has 0 aliphatic carbocycles. The molecular formula is C15H15ClFNO2. The standard InChI is InChI=1S/C15H15ClFNO2/c1-20-15-5-2-10(16)6-9(15)7-14(19)12-8-11(17)3-4-13(12)18/h2-6,8,14,19H,7,18H2,1H3. The van der Waals surface area contributed by atoms with Gasteiger partial charge in [-0.15, -0.1) is 0 Å². The minimum Gasteiger partial charge on any atom is -0.496 e. The van der Waals surface area contributed by atoms with Crippen LogP contribution in [0, 0.1) is 5.82 Å². The molecule has 5 heteroatoms. The highest BCUT2D eigenvalue weighted by atomic mass is 35.5. The van der Waals surface area contributed by atoms with Gasteiger partial charge < -0.3 is 15.6 Å². The largest absolute Gasteiger partial charge is 0.496 e. The number of aliphatic hydroxyl groups excluding tert-OH is 1. The van der Waals surface area contributed by atoms with Crippen LogP contribution in [-0.4, -0.2) is 12.2 Å². The van der Waals surface area contributed by atoms with E-state index >= 15 is 0 Å². The minimum absolute atomic E-state index is 0.234. The number of hydrogen-bond acceptors (Lipinski definition) is 3. The third-order valence-corrected chi connectivity index (χ3v) is 3.30. The van der Waals surface area contributed by atoms with E-state index in [4.69, 9.17) is 22.1 Å². The van der Waals surface area contributed by atoms with E-state index in [1.807, 2.05) is 0 Å². The third kappa shape index (κ3) is 3.21. The van der Waals surface area contributed by atoms with Crippen LogP contribution in [-0.2, 0) is 6.42 Å². The SMILES string of the molecule is COc1ccc(Cl)cc1CC(O)c1cc(F)ccc1N. The normalized spacial score (nSPS) is 12.2. The number of hydrogen-bond donors (Lipinski definition) is 2. The van der Waals surface area contributed by atoms with E-state index in [2.05, 4.69) is 0 Å². The van der Waals surface area contributed by atoms with E-state index in [0.717, 1.165) is 5.56 Å². The average Bonchev–Trinajstić information content (AvgIpc) is 2.41. The fourth-order valence-corrected chi connectivity index (χ4v) is 2.25. The molecular weight excluding hydrogens is 281 g/mol. The Morgan fingerprint density at radius 2 is 2.05 bits per heavy atom. The highest BCUT2D eigenvalue weighted by Crippen LogP contribution is 2.30. The van der Waals surface area contributed by atoms with Crippen LogP contribution in [0.3, 0.4) is 0 Å². The summed E-state index contributed by atoms with van der Waals surface area (Å²) < 4.78 is 18.5. The van der Waals surface area contributed by atoms with Crippen LogP contribution >= 0.6 is 11.6 Å². The van der Waals surface area contributed by atoms with Crippen LogP contribution in [0.25, 0.3) is 0 Å². The molecule has 20 heavy (non-hydrogen) atoms. The molecule has 0 amide bonds. The number of ether oxygens (including phenoxy) is 1. The molecule has 1 unspecified atom stereocenters. The van der Waals surface area contributed by atoms with Gasteiger partial charge in [0.1, 0.15) is 11.6 Å². The van der Waals surface area contributed by atoms with Crippen molar-refractivity contribution in [2.24, 2.45) is 0 Å². The Labute approximate surface area is 121 Å². The zero-order valence-corrected chi connectivity index (χ0v) is 11.7. The summed E-state index contributed by atoms with van der Waals surface area (Å²) in [6.07, 6.45) is -0.699. The summed E-state index contributed by atoms with van der Waals surface area (Å²) in [5.74, 6) is 0.176. The fraction of sp³-hybridized carbons (Fsp3) is 0.200. The second-order valence-electron chi connectivity index (χ2n) is 4.45. The zero-order valence-electron chi connectivity index (χ0n) is 10.9. The molecule has 3 nitrogen and oxygen atoms in total. The molecule has 3 N–H and O–H groups in total. The van der Waals surface area contributed by atoms with Crippen molar-refractivity contribution >= 4 is 17.3 Å². The molecule has 2 aromatic carbocycles. The van der Waals surface area contributed by atoms with E-state index < -0.39 is 11.9 Å². The molecule has 0 saturated heterocycles. The van der Waals surface area contributed by atoms with Gasteiger partial charge in [-0.1, -0.05) is 11.6 Å². The Hall–Kier alpha value is -1.78. The van der Waals surface area contributed by atoms with Crippen molar-refractivity contribution in [3.05, 3.63) is 58.4 Å². The Kier molecular flexibility index (Phi) is 4.47. The van der Waals surface area contributed by atoms with Crippen LogP contribution < -0.4 is 10.5 Å². The van der Waals surface area contributed by atoms with Crippen molar-refractivity contribution in [3.63, 3.8) is 0 Å². The number of halogens is 2. The summed E-state index contributed by atoms with van der Waals surface area (Å²) in [6.45, 7) is 0. The van der Waals surface area contributed by atoms with Crippen LogP contribution in [0.2, 0.25) is 5.02 Å². The lowest BCUT2D eigenvalue weighted by Gasteiger charge is -2.16. The summed E-state index contributed by atoms with van der Waals surface area (Å²) in [7, 11) is 1.54. The molecule has 0 fully saturated rings. The summed E-state index contributed by atoms with van der Waals surface area (Å²) in [5, 5.41) is 10.8. The van der Waals surface area contributed by atoms with Crippen LogP contribution in [0.5, 0.6) is 5.75 Å². The highest BCUT2D eigenvalue weighted by molar-refractivity contribution is 6.30. The monoisotopic (exact) mass is 295 g/mol. The van der Waals surface area contributed by atoms with Crippen molar-refractivity contribution in [2.75, 3.05) is 12.8 Å². The van der Waals surface area contributed by atoms with Crippen molar-refractivity contribution in [1.29, 1.82) is 0 Å². The minimum atomic E-state index is -0.932. The fourth-order valence-electron chi connectivity index (χ4n) is 2.06. The predicted molar refractivity (Wildman–Crippen MR) is 77.5 cm³/mol. The molecule has 0 aliphatic heterocycles. The van der Waals surface area contributed by atoms with Crippen molar-refractivity contribution in [3.8, 4) is 5.75 Å². The maximum atomic E-state index is 13.2. The molecule has 0 spiro atoms. The number of nitrogens with two attached hydrogens (primary N) is 1. The maximum absolute atomic E-state index is 13.2. The van der Waals surface area contributed by atoms with E-state index in [0.29, 0.717) is 22.0 Å². The summed E-state index contributed by atoms with van der Waals surface area (Å²) in [4.78, 5) is 0. The van der Waals surface area contributed by atoms with Gasteiger partial charge in [-0.3, -0.25) is 0 Å². The van der Waals surface area contributed by atoms with Gasteiger partial charge in [-0.2, -0.15) is 0 Å². The topological polar surface area (TPSA) is 55.5 Å². The summed E-state index contributed by atoms with van der Waals surface area (Å²) in [5.41, 5.74) is 7.19. The molecule has 1 atom stereocenters. The Morgan fingerprint density at radius 1 is 1.30 bits per heavy atom. The molecule has 0 saturated carbocycles. The lowest BCUT2D eigenvalue weighted by Crippen LogP contribution is -2.07. The number of benzene rings is 2. The third-order valence-electron chi connectivity index (χ3n) is 3.06. The van der Waals surface area contributed by atoms with Crippen molar-refractivity contribution in [1.82, 2.24) is 0 Å². The molecule has 0 bridgehead atoms. The first-order valence-electron chi connectivity index (χ1n) is 6.06. The van der Waals surface area contributed by atoms with Gasteiger partial charge in [0.25, 0.3) is 0 Å². The first-order valence-corrected chi connectivity index (χ1v) is 6.44. The van der Waals surface area contributed by atoms with Gasteiger partial charge in [0.2, 0.25) is 0 Å². The predicted octanol–water partition coefficient (Wildman–Crippen LogP) is 3.35. The summed E-state index contributed by atoms with van der Waals surface area (Å²) in [6, 6.07) is 9.05. The molecule has 0 aromatic heterocycles. The molecule has 2 aromatic rings. The molecule has 106 valence electrons. The van der Waals surface area contributed by atoms with Crippen LogP contribution in [0.4, 0.5) is 10.1 Å². The van der Waals surface area contributed by atoms with Gasteiger partial charge in [-0.05, 0) is 42.0 Å². The van der Waals surface area contributed by atoms with Crippen LogP contribution in [0.1, 0.15) is 17.2 Å². The van der Waals surface area contributed by atoms with Crippen LogP contribution in [0.15, 0.2) is 36.4 Å². The first-order chi connectivity index (χ1) is 9.51. The van der Waals surface area contributed by atoms with Gasteiger partial charge in [0, 0.05) is 22.7 Å². The smallest absolute Gasteiger partial charge is 0.123 e. The quantitative estimate of drug-likeness (QED) is 0.851.